The number of carbonyl (C=O) groups is 1. The Bertz CT molecular complexity index is 876. The number of rotatable bonds is 3. The van der Waals surface area contributed by atoms with E-state index < -0.39 is 33.4 Å². The summed E-state index contributed by atoms with van der Waals surface area (Å²) in [5.74, 6) is -2.27. The van der Waals surface area contributed by atoms with E-state index in [1.54, 1.807) is 4.90 Å². The maximum absolute atomic E-state index is 13.5. The summed E-state index contributed by atoms with van der Waals surface area (Å²) in [6.45, 7) is 4.54. The first-order valence-corrected chi connectivity index (χ1v) is 10.1. The van der Waals surface area contributed by atoms with Gasteiger partial charge in [-0.1, -0.05) is 13.8 Å². The Hall–Kier alpha value is -1.58. The highest BCUT2D eigenvalue weighted by molar-refractivity contribution is 7.89. The molecule has 0 N–H and O–H groups in total. The van der Waals surface area contributed by atoms with Gasteiger partial charge in [0.15, 0.2) is 17.4 Å². The summed E-state index contributed by atoms with van der Waals surface area (Å²) in [5.41, 5.74) is -0.947. The Morgan fingerprint density at radius 1 is 1.27 bits per heavy atom. The van der Waals surface area contributed by atoms with Crippen molar-refractivity contribution in [3.63, 3.8) is 0 Å². The van der Waals surface area contributed by atoms with Crippen LogP contribution in [0, 0.1) is 17.6 Å². The third-order valence-corrected chi connectivity index (χ3v) is 7.61. The zero-order valence-corrected chi connectivity index (χ0v) is 15.3. The van der Waals surface area contributed by atoms with E-state index >= 15 is 0 Å². The number of benzene rings is 1. The molecule has 0 unspecified atom stereocenters. The molecule has 3 aliphatic heterocycles. The molecule has 3 heterocycles. The molecule has 142 valence electrons. The van der Waals surface area contributed by atoms with Crippen molar-refractivity contribution >= 4 is 15.9 Å². The quantitative estimate of drug-likeness (QED) is 0.793. The van der Waals surface area contributed by atoms with E-state index in [-0.39, 0.29) is 35.7 Å². The molecule has 3 saturated heterocycles. The summed E-state index contributed by atoms with van der Waals surface area (Å²) in [4.78, 5) is 14.0. The van der Waals surface area contributed by atoms with Crippen LogP contribution in [0.25, 0.3) is 0 Å². The molecule has 4 rings (SSSR count). The van der Waals surface area contributed by atoms with Gasteiger partial charge in [-0.3, -0.25) is 4.79 Å². The van der Waals surface area contributed by atoms with Gasteiger partial charge in [0, 0.05) is 19.4 Å². The normalized spacial score (nSPS) is 31.7. The number of amides is 1. The van der Waals surface area contributed by atoms with Crippen molar-refractivity contribution in [1.82, 2.24) is 9.21 Å². The van der Waals surface area contributed by atoms with Crippen LogP contribution in [0.5, 0.6) is 0 Å². The summed E-state index contributed by atoms with van der Waals surface area (Å²) < 4.78 is 59.9. The first kappa shape index (κ1) is 17.8. The van der Waals surface area contributed by atoms with E-state index in [1.165, 1.54) is 4.31 Å². The van der Waals surface area contributed by atoms with Crippen molar-refractivity contribution in [2.45, 2.75) is 49.4 Å². The Kier molecular flexibility index (Phi) is 3.91. The predicted octanol–water partition coefficient (Wildman–Crippen LogP) is 1.71. The predicted molar refractivity (Wildman–Crippen MR) is 87.4 cm³/mol. The van der Waals surface area contributed by atoms with Crippen LogP contribution in [0.15, 0.2) is 23.1 Å². The van der Waals surface area contributed by atoms with Crippen LogP contribution in [-0.2, 0) is 19.6 Å². The Balaban J connectivity index is 1.71. The number of carbonyl (C=O) groups excluding carboxylic acids is 1. The molecule has 3 atom stereocenters. The number of ether oxygens (including phenoxy) is 1. The van der Waals surface area contributed by atoms with Gasteiger partial charge < -0.3 is 9.64 Å². The average molecular weight is 386 g/mol. The molecule has 1 aromatic carbocycles. The molecule has 1 aromatic rings. The molecule has 6 nitrogen and oxygen atoms in total. The summed E-state index contributed by atoms with van der Waals surface area (Å²) >= 11 is 0. The standard InChI is InChI=1S/C17H20F2N2O4S/c1-10(2)14-9-25-17-5-6-20(15(17)8-16(22)21(14)17)26(23,24)11-3-4-12(18)13(19)7-11/h3-4,7,10,14-15H,5-6,8-9H2,1-2H3/t14-,15+,17-/m0/s1. The van der Waals surface area contributed by atoms with Crippen LogP contribution in [0.2, 0.25) is 0 Å². The van der Waals surface area contributed by atoms with Gasteiger partial charge >= 0.3 is 0 Å². The number of sulfonamides is 1. The SMILES string of the molecule is CC(C)[C@@H]1CO[C@@]23CCN(S(=O)(=O)c4ccc(F)c(F)c4)[C@@H]2CC(=O)N13. The fourth-order valence-electron chi connectivity index (χ4n) is 4.39. The average Bonchev–Trinajstić information content (AvgIpc) is 3.19. The van der Waals surface area contributed by atoms with Crippen molar-refractivity contribution in [2.75, 3.05) is 13.2 Å². The lowest BCUT2D eigenvalue weighted by atomic mass is 10.0. The highest BCUT2D eigenvalue weighted by Gasteiger charge is 2.66. The van der Waals surface area contributed by atoms with Crippen molar-refractivity contribution in [3.05, 3.63) is 29.8 Å². The molecule has 0 aliphatic carbocycles. The van der Waals surface area contributed by atoms with Crippen molar-refractivity contribution in [3.8, 4) is 0 Å². The minimum Gasteiger partial charge on any atom is -0.352 e. The third-order valence-electron chi connectivity index (χ3n) is 5.71. The third kappa shape index (κ3) is 2.26. The Labute approximate surface area is 150 Å². The van der Waals surface area contributed by atoms with Crippen LogP contribution in [0.1, 0.15) is 26.7 Å². The topological polar surface area (TPSA) is 66.9 Å². The number of hydrogen-bond donors (Lipinski definition) is 0. The molecule has 1 spiro atoms. The largest absolute Gasteiger partial charge is 0.352 e. The summed E-state index contributed by atoms with van der Waals surface area (Å²) in [5, 5.41) is 0. The summed E-state index contributed by atoms with van der Waals surface area (Å²) in [6, 6.07) is 1.77. The molecular formula is C17H20F2N2O4S. The zero-order chi connectivity index (χ0) is 18.9. The molecule has 0 radical (unpaired) electrons. The van der Waals surface area contributed by atoms with Crippen molar-refractivity contribution in [1.29, 1.82) is 0 Å². The molecule has 26 heavy (non-hydrogen) atoms. The minimum absolute atomic E-state index is 0.0339. The monoisotopic (exact) mass is 386 g/mol. The van der Waals surface area contributed by atoms with E-state index in [1.807, 2.05) is 13.8 Å². The summed E-state index contributed by atoms with van der Waals surface area (Å²) in [6.07, 6.45) is 0.404. The van der Waals surface area contributed by atoms with Gasteiger partial charge in [-0.15, -0.1) is 0 Å². The van der Waals surface area contributed by atoms with Crippen LogP contribution >= 0.6 is 0 Å². The highest BCUT2D eigenvalue weighted by atomic mass is 32.2. The minimum atomic E-state index is -4.07. The second-order valence-electron chi connectivity index (χ2n) is 7.39. The second kappa shape index (κ2) is 5.71. The number of nitrogens with zero attached hydrogens (tertiary/aromatic N) is 2. The summed E-state index contributed by atoms with van der Waals surface area (Å²) in [7, 11) is -4.07. The molecule has 9 heteroatoms. The van der Waals surface area contributed by atoms with Gasteiger partial charge in [0.25, 0.3) is 0 Å². The van der Waals surface area contributed by atoms with E-state index in [4.69, 9.17) is 4.74 Å². The lowest BCUT2D eigenvalue weighted by molar-refractivity contribution is -0.139. The van der Waals surface area contributed by atoms with E-state index in [9.17, 15) is 22.0 Å². The van der Waals surface area contributed by atoms with Crippen LogP contribution in [0.3, 0.4) is 0 Å². The van der Waals surface area contributed by atoms with Crippen LogP contribution in [0.4, 0.5) is 8.78 Å². The molecule has 3 aliphatic rings. The maximum atomic E-state index is 13.5. The van der Waals surface area contributed by atoms with Gasteiger partial charge in [-0.05, 0) is 24.1 Å². The van der Waals surface area contributed by atoms with Gasteiger partial charge in [-0.25, -0.2) is 17.2 Å². The molecule has 0 saturated carbocycles. The van der Waals surface area contributed by atoms with E-state index in [0.717, 1.165) is 12.1 Å². The zero-order valence-electron chi connectivity index (χ0n) is 14.5. The van der Waals surface area contributed by atoms with Gasteiger partial charge in [0.1, 0.15) is 0 Å². The molecule has 0 aromatic heterocycles. The molecule has 0 bridgehead atoms. The van der Waals surface area contributed by atoms with Gasteiger partial charge in [0.2, 0.25) is 15.9 Å². The van der Waals surface area contributed by atoms with Crippen molar-refractivity contribution < 1.29 is 26.7 Å². The fraction of sp³-hybridized carbons (Fsp3) is 0.588. The fourth-order valence-corrected chi connectivity index (χ4v) is 6.06. The lowest BCUT2D eigenvalue weighted by Gasteiger charge is -2.34. The first-order valence-electron chi connectivity index (χ1n) is 8.61. The number of hydrogen-bond acceptors (Lipinski definition) is 4. The smallest absolute Gasteiger partial charge is 0.243 e. The van der Waals surface area contributed by atoms with Crippen LogP contribution in [-0.4, -0.2) is 54.5 Å². The molecule has 3 fully saturated rings. The Morgan fingerprint density at radius 2 is 2.00 bits per heavy atom. The van der Waals surface area contributed by atoms with E-state index in [0.29, 0.717) is 19.1 Å². The maximum Gasteiger partial charge on any atom is 0.243 e. The number of halogens is 2. The van der Waals surface area contributed by atoms with Gasteiger partial charge in [0.05, 0.1) is 23.6 Å². The molecule has 1 amide bonds. The second-order valence-corrected chi connectivity index (χ2v) is 9.28. The first-order chi connectivity index (χ1) is 12.2. The molecular weight excluding hydrogens is 366 g/mol. The Morgan fingerprint density at radius 3 is 2.65 bits per heavy atom. The van der Waals surface area contributed by atoms with E-state index in [2.05, 4.69) is 0 Å². The van der Waals surface area contributed by atoms with Gasteiger partial charge in [-0.2, -0.15) is 4.31 Å². The van der Waals surface area contributed by atoms with Crippen LogP contribution < -0.4 is 0 Å². The highest BCUT2D eigenvalue weighted by Crippen LogP contribution is 2.50. The lowest BCUT2D eigenvalue weighted by Crippen LogP contribution is -2.51. The van der Waals surface area contributed by atoms with Crippen molar-refractivity contribution in [2.24, 2.45) is 5.92 Å².